The molecule has 0 heterocycles. The summed E-state index contributed by atoms with van der Waals surface area (Å²) in [6, 6.07) is 15.8. The quantitative estimate of drug-likeness (QED) is 0.636. The fraction of sp³-hybridized carbons (Fsp3) is 0.0769. The number of hydrogen-bond donors (Lipinski definition) is 0. The molecule has 0 aliphatic rings. The molecule has 0 amide bonds. The monoisotopic (exact) mass is 185 g/mol. The summed E-state index contributed by atoms with van der Waals surface area (Å²) in [7, 11) is 0. The molecule has 0 nitrogen and oxygen atoms in total. The van der Waals surface area contributed by atoms with E-state index in [1.54, 1.807) is 0 Å². The van der Waals surface area contributed by atoms with Gasteiger partial charge in [0.05, 0.1) is 0 Å². The number of hydrogen-bond acceptors (Lipinski definition) is 0. The number of aryl methyl sites for hydroxylation is 1. The average Bonchev–Trinajstić information content (AvgIpc) is 2.18. The van der Waals surface area contributed by atoms with Crippen LogP contribution in [0.25, 0.3) is 11.1 Å². The molecule has 0 bridgehead atoms. The van der Waals surface area contributed by atoms with Gasteiger partial charge in [-0.1, -0.05) is 36.4 Å². The van der Waals surface area contributed by atoms with Gasteiger partial charge in [0.15, 0.2) is 0 Å². The molecule has 0 saturated heterocycles. The predicted octanol–water partition coefficient (Wildman–Crippen LogP) is 3.60. The lowest BCUT2D eigenvalue weighted by Crippen LogP contribution is -1.83. The van der Waals surface area contributed by atoms with Crippen molar-refractivity contribution in [3.05, 3.63) is 59.9 Å². The van der Waals surface area contributed by atoms with Gasteiger partial charge in [0.1, 0.15) is 5.82 Å². The standard InChI is InChI=1S/C13H10F/c1-10-7-12(9-13(14)8-10)11-5-3-2-4-6-11/h2-7,9H,1H3. The highest BCUT2D eigenvalue weighted by atomic mass is 19.1. The van der Waals surface area contributed by atoms with Crippen molar-refractivity contribution in [2.75, 3.05) is 0 Å². The molecule has 0 unspecified atom stereocenters. The molecule has 2 aromatic rings. The summed E-state index contributed by atoms with van der Waals surface area (Å²) >= 11 is 0. The third kappa shape index (κ3) is 1.82. The van der Waals surface area contributed by atoms with E-state index < -0.39 is 0 Å². The van der Waals surface area contributed by atoms with E-state index >= 15 is 0 Å². The molecule has 0 fully saturated rings. The van der Waals surface area contributed by atoms with E-state index in [2.05, 4.69) is 6.07 Å². The SMILES string of the molecule is Cc1[c]c(F)cc(-c2ccccc2)c1. The van der Waals surface area contributed by atoms with Crippen LogP contribution in [0.4, 0.5) is 4.39 Å². The second-order valence-electron chi connectivity index (χ2n) is 3.27. The van der Waals surface area contributed by atoms with Crippen molar-refractivity contribution in [2.24, 2.45) is 0 Å². The maximum atomic E-state index is 13.1. The van der Waals surface area contributed by atoms with Crippen LogP contribution in [-0.2, 0) is 0 Å². The van der Waals surface area contributed by atoms with E-state index in [-0.39, 0.29) is 5.82 Å². The normalized spacial score (nSPS) is 10.1. The predicted molar refractivity (Wildman–Crippen MR) is 55.4 cm³/mol. The van der Waals surface area contributed by atoms with Crippen LogP contribution >= 0.6 is 0 Å². The summed E-state index contributed by atoms with van der Waals surface area (Å²) in [5.74, 6) is -0.302. The number of benzene rings is 2. The zero-order valence-corrected chi connectivity index (χ0v) is 7.92. The fourth-order valence-electron chi connectivity index (χ4n) is 1.47. The van der Waals surface area contributed by atoms with Crippen LogP contribution in [0.15, 0.2) is 42.5 Å². The fourth-order valence-corrected chi connectivity index (χ4v) is 1.47. The van der Waals surface area contributed by atoms with Crippen molar-refractivity contribution < 1.29 is 4.39 Å². The van der Waals surface area contributed by atoms with E-state index in [1.165, 1.54) is 6.07 Å². The van der Waals surface area contributed by atoms with Crippen LogP contribution in [0.1, 0.15) is 5.56 Å². The molecule has 2 rings (SSSR count). The lowest BCUT2D eigenvalue weighted by molar-refractivity contribution is 0.625. The van der Waals surface area contributed by atoms with Crippen molar-refractivity contribution in [3.63, 3.8) is 0 Å². The van der Waals surface area contributed by atoms with Gasteiger partial charge in [-0.3, -0.25) is 0 Å². The van der Waals surface area contributed by atoms with Crippen LogP contribution in [0, 0.1) is 18.8 Å². The van der Waals surface area contributed by atoms with Gasteiger partial charge in [-0.25, -0.2) is 4.39 Å². The summed E-state index contributed by atoms with van der Waals surface area (Å²) in [4.78, 5) is 0. The van der Waals surface area contributed by atoms with Crippen molar-refractivity contribution in [3.8, 4) is 11.1 Å². The molecule has 69 valence electrons. The van der Waals surface area contributed by atoms with Gasteiger partial charge in [-0.05, 0) is 29.7 Å². The first-order valence-corrected chi connectivity index (χ1v) is 4.50. The lowest BCUT2D eigenvalue weighted by atomic mass is 10.0. The maximum Gasteiger partial charge on any atom is 0.132 e. The molecule has 1 heteroatoms. The Morgan fingerprint density at radius 2 is 1.71 bits per heavy atom. The summed E-state index contributed by atoms with van der Waals surface area (Å²) in [5, 5.41) is 0. The maximum absolute atomic E-state index is 13.1. The van der Waals surface area contributed by atoms with Crippen LogP contribution in [-0.4, -0.2) is 0 Å². The molecule has 0 N–H and O–H groups in total. The Labute approximate surface area is 83.0 Å². The molecular formula is C13H10F. The van der Waals surface area contributed by atoms with Gasteiger partial charge in [-0.2, -0.15) is 0 Å². The average molecular weight is 185 g/mol. The minimum Gasteiger partial charge on any atom is -0.206 e. The van der Waals surface area contributed by atoms with Gasteiger partial charge in [0.25, 0.3) is 0 Å². The van der Waals surface area contributed by atoms with Gasteiger partial charge >= 0.3 is 0 Å². The van der Waals surface area contributed by atoms with Gasteiger partial charge in [0.2, 0.25) is 0 Å². The minimum atomic E-state index is -0.302. The second-order valence-corrected chi connectivity index (χ2v) is 3.27. The van der Waals surface area contributed by atoms with E-state index in [4.69, 9.17) is 0 Å². The van der Waals surface area contributed by atoms with Crippen molar-refractivity contribution in [2.45, 2.75) is 6.92 Å². The van der Waals surface area contributed by atoms with E-state index in [9.17, 15) is 4.39 Å². The summed E-state index contributed by atoms with van der Waals surface area (Å²) in [6.07, 6.45) is 0. The molecule has 14 heavy (non-hydrogen) atoms. The van der Waals surface area contributed by atoms with Crippen molar-refractivity contribution in [1.82, 2.24) is 0 Å². The largest absolute Gasteiger partial charge is 0.206 e. The molecule has 1 radical (unpaired) electrons. The Hall–Kier alpha value is -1.63. The number of halogens is 1. The molecule has 2 aromatic carbocycles. The second kappa shape index (κ2) is 3.62. The Kier molecular flexibility index (Phi) is 2.32. The first kappa shape index (κ1) is 8.95. The highest BCUT2D eigenvalue weighted by molar-refractivity contribution is 5.63. The van der Waals surface area contributed by atoms with E-state index in [0.29, 0.717) is 0 Å². The Morgan fingerprint density at radius 3 is 2.36 bits per heavy atom. The highest BCUT2D eigenvalue weighted by Gasteiger charge is 2.00. The van der Waals surface area contributed by atoms with E-state index in [1.807, 2.05) is 43.3 Å². The van der Waals surface area contributed by atoms with Gasteiger partial charge in [0, 0.05) is 6.07 Å². The summed E-state index contributed by atoms with van der Waals surface area (Å²) < 4.78 is 13.1. The van der Waals surface area contributed by atoms with Crippen LogP contribution < -0.4 is 0 Å². The van der Waals surface area contributed by atoms with Crippen LogP contribution in [0.3, 0.4) is 0 Å². The molecule has 0 aliphatic carbocycles. The van der Waals surface area contributed by atoms with Crippen LogP contribution in [0.5, 0.6) is 0 Å². The summed E-state index contributed by atoms with van der Waals surface area (Å²) in [5.41, 5.74) is 2.76. The zero-order valence-electron chi connectivity index (χ0n) is 7.92. The molecule has 0 saturated carbocycles. The molecule has 0 aromatic heterocycles. The van der Waals surface area contributed by atoms with Crippen molar-refractivity contribution in [1.29, 1.82) is 0 Å². The summed E-state index contributed by atoms with van der Waals surface area (Å²) in [6.45, 7) is 1.84. The molecular weight excluding hydrogens is 175 g/mol. The highest BCUT2D eigenvalue weighted by Crippen LogP contribution is 2.20. The molecule has 0 spiro atoms. The van der Waals surface area contributed by atoms with E-state index in [0.717, 1.165) is 16.7 Å². The van der Waals surface area contributed by atoms with Crippen molar-refractivity contribution >= 4 is 0 Å². The zero-order chi connectivity index (χ0) is 9.97. The Balaban J connectivity index is 2.52. The number of rotatable bonds is 1. The lowest BCUT2D eigenvalue weighted by Gasteiger charge is -2.02. The smallest absolute Gasteiger partial charge is 0.132 e. The van der Waals surface area contributed by atoms with Crippen LogP contribution in [0.2, 0.25) is 0 Å². The topological polar surface area (TPSA) is 0 Å². The first-order chi connectivity index (χ1) is 6.75. The third-order valence-corrected chi connectivity index (χ3v) is 2.08. The molecule has 0 atom stereocenters. The first-order valence-electron chi connectivity index (χ1n) is 4.50. The van der Waals surface area contributed by atoms with Gasteiger partial charge < -0.3 is 0 Å². The minimum absolute atomic E-state index is 0.302. The third-order valence-electron chi connectivity index (χ3n) is 2.08. The Morgan fingerprint density at radius 1 is 1.00 bits per heavy atom. The molecule has 0 aliphatic heterocycles. The Bertz CT molecular complexity index is 412. The van der Waals surface area contributed by atoms with Gasteiger partial charge in [-0.15, -0.1) is 0 Å².